The van der Waals surface area contributed by atoms with Crippen LogP contribution in [0.2, 0.25) is 5.02 Å². The van der Waals surface area contributed by atoms with Crippen LogP contribution in [0.5, 0.6) is 17.2 Å². The number of anilines is 1. The number of halogens is 1. The molecule has 0 aliphatic heterocycles. The second kappa shape index (κ2) is 10.3. The van der Waals surface area contributed by atoms with Crippen LogP contribution in [0.1, 0.15) is 27.4 Å². The van der Waals surface area contributed by atoms with Gasteiger partial charge in [0.1, 0.15) is 29.6 Å². The van der Waals surface area contributed by atoms with Gasteiger partial charge in [-0.05, 0) is 49.7 Å². The van der Waals surface area contributed by atoms with Crippen molar-refractivity contribution >= 4 is 28.9 Å². The van der Waals surface area contributed by atoms with Crippen LogP contribution in [-0.2, 0) is 6.61 Å². The van der Waals surface area contributed by atoms with Crippen molar-refractivity contribution in [2.45, 2.75) is 20.5 Å². The fraction of sp³-hybridized carbons (Fsp3) is 0.115. The first-order valence-electron chi connectivity index (χ1n) is 10.6. The van der Waals surface area contributed by atoms with E-state index in [1.54, 1.807) is 24.3 Å². The monoisotopic (exact) mass is 492 g/mol. The third kappa shape index (κ3) is 5.99. The number of amides is 1. The van der Waals surface area contributed by atoms with E-state index in [4.69, 9.17) is 25.5 Å². The minimum absolute atomic E-state index is 0.0204. The summed E-state index contributed by atoms with van der Waals surface area (Å²) in [4.78, 5) is 23.6. The highest BCUT2D eigenvalue weighted by atomic mass is 35.5. The number of hydrogen-bond donors (Lipinski definition) is 1. The molecule has 9 heteroatoms. The van der Waals surface area contributed by atoms with E-state index >= 15 is 0 Å². The summed E-state index contributed by atoms with van der Waals surface area (Å²) in [6, 6.07) is 19.8. The zero-order valence-electron chi connectivity index (χ0n) is 18.9. The summed E-state index contributed by atoms with van der Waals surface area (Å²) in [5.41, 5.74) is 1.88. The van der Waals surface area contributed by atoms with Gasteiger partial charge in [0.05, 0.1) is 21.7 Å². The number of rotatable bonds is 8. The van der Waals surface area contributed by atoms with Crippen LogP contribution < -0.4 is 14.8 Å². The standard InChI is InChI=1S/C26H21ClN2O6/c1-16-6-8-20(9-7-16)34-22-13-18(12-19(14-22)29(31)32)28-26(30)24-11-10-21(35-24)15-33-25-17(2)4-3-5-23(25)27/h3-14H,15H2,1-2H3,(H,28,30). The maximum atomic E-state index is 12.7. The van der Waals surface area contributed by atoms with Crippen LogP contribution in [0.3, 0.4) is 0 Å². The van der Waals surface area contributed by atoms with Gasteiger partial charge in [-0.25, -0.2) is 0 Å². The SMILES string of the molecule is Cc1ccc(Oc2cc(NC(=O)c3ccc(COc4c(C)cccc4Cl)o3)cc([N+](=O)[O-])c2)cc1. The lowest BCUT2D eigenvalue weighted by Gasteiger charge is -2.10. The number of aryl methyl sites for hydroxylation is 2. The number of carbonyl (C=O) groups is 1. The normalized spacial score (nSPS) is 10.6. The molecule has 0 bridgehead atoms. The molecule has 8 nitrogen and oxygen atoms in total. The Balaban J connectivity index is 1.47. The lowest BCUT2D eigenvalue weighted by molar-refractivity contribution is -0.384. The molecule has 0 atom stereocenters. The Morgan fingerprint density at radius 2 is 1.80 bits per heavy atom. The molecule has 4 aromatic rings. The first-order chi connectivity index (χ1) is 16.8. The number of benzene rings is 3. The zero-order chi connectivity index (χ0) is 24.9. The number of para-hydroxylation sites is 1. The first kappa shape index (κ1) is 23.8. The molecule has 4 rings (SSSR count). The Kier molecular flexibility index (Phi) is 7.03. The van der Waals surface area contributed by atoms with Crippen molar-refractivity contribution in [2.24, 2.45) is 0 Å². The topological polar surface area (TPSA) is 104 Å². The van der Waals surface area contributed by atoms with E-state index in [1.165, 1.54) is 24.3 Å². The molecular formula is C26H21ClN2O6. The third-order valence-electron chi connectivity index (χ3n) is 5.02. The number of non-ortho nitro benzene ring substituents is 1. The fourth-order valence-corrected chi connectivity index (χ4v) is 3.55. The summed E-state index contributed by atoms with van der Waals surface area (Å²) in [7, 11) is 0. The molecule has 1 aromatic heterocycles. The minimum Gasteiger partial charge on any atom is -0.484 e. The van der Waals surface area contributed by atoms with Crippen molar-refractivity contribution in [3.8, 4) is 17.2 Å². The Labute approximate surface area is 206 Å². The van der Waals surface area contributed by atoms with E-state index in [0.29, 0.717) is 22.3 Å². The van der Waals surface area contributed by atoms with Crippen molar-refractivity contribution in [2.75, 3.05) is 5.32 Å². The van der Waals surface area contributed by atoms with Gasteiger partial charge in [0.2, 0.25) is 0 Å². The maximum Gasteiger partial charge on any atom is 0.291 e. The summed E-state index contributed by atoms with van der Waals surface area (Å²) in [6.07, 6.45) is 0. The molecule has 0 saturated carbocycles. The molecule has 0 radical (unpaired) electrons. The van der Waals surface area contributed by atoms with E-state index in [-0.39, 0.29) is 29.5 Å². The van der Waals surface area contributed by atoms with Crippen molar-refractivity contribution < 1.29 is 23.6 Å². The number of ether oxygens (including phenoxy) is 2. The molecule has 0 aliphatic rings. The van der Waals surface area contributed by atoms with E-state index in [1.807, 2.05) is 38.1 Å². The van der Waals surface area contributed by atoms with E-state index < -0.39 is 10.8 Å². The molecule has 178 valence electrons. The quantitative estimate of drug-likeness (QED) is 0.208. The highest BCUT2D eigenvalue weighted by Gasteiger charge is 2.17. The van der Waals surface area contributed by atoms with Gasteiger partial charge in [-0.15, -0.1) is 0 Å². The highest BCUT2D eigenvalue weighted by Crippen LogP contribution is 2.31. The van der Waals surface area contributed by atoms with Gasteiger partial charge in [0.15, 0.2) is 5.76 Å². The lowest BCUT2D eigenvalue weighted by atomic mass is 10.2. The summed E-state index contributed by atoms with van der Waals surface area (Å²) < 4.78 is 17.1. The number of nitro benzene ring substituents is 1. The largest absolute Gasteiger partial charge is 0.484 e. The molecule has 1 heterocycles. The molecule has 3 aromatic carbocycles. The van der Waals surface area contributed by atoms with E-state index in [9.17, 15) is 14.9 Å². The first-order valence-corrected chi connectivity index (χ1v) is 11.0. The summed E-state index contributed by atoms with van der Waals surface area (Å²) in [6.45, 7) is 3.88. The maximum absolute atomic E-state index is 12.7. The Morgan fingerprint density at radius 3 is 2.51 bits per heavy atom. The average Bonchev–Trinajstić information content (AvgIpc) is 3.29. The Morgan fingerprint density at radius 1 is 1.03 bits per heavy atom. The van der Waals surface area contributed by atoms with E-state index in [0.717, 1.165) is 11.1 Å². The Bertz CT molecular complexity index is 1360. The van der Waals surface area contributed by atoms with E-state index in [2.05, 4.69) is 5.32 Å². The third-order valence-corrected chi connectivity index (χ3v) is 5.32. The van der Waals surface area contributed by atoms with Crippen molar-refractivity contribution in [3.05, 3.63) is 111 Å². The number of hydrogen-bond acceptors (Lipinski definition) is 6. The zero-order valence-corrected chi connectivity index (χ0v) is 19.7. The summed E-state index contributed by atoms with van der Waals surface area (Å²) >= 11 is 6.17. The van der Waals surface area contributed by atoms with Gasteiger partial charge in [-0.3, -0.25) is 14.9 Å². The highest BCUT2D eigenvalue weighted by molar-refractivity contribution is 6.32. The molecule has 0 saturated heterocycles. The molecule has 0 fully saturated rings. The van der Waals surface area contributed by atoms with Gasteiger partial charge in [0, 0.05) is 12.1 Å². The molecular weight excluding hydrogens is 472 g/mol. The van der Waals surface area contributed by atoms with Crippen molar-refractivity contribution in [1.29, 1.82) is 0 Å². The van der Waals surface area contributed by atoms with Gasteiger partial charge < -0.3 is 19.2 Å². The average molecular weight is 493 g/mol. The molecule has 0 spiro atoms. The van der Waals surface area contributed by atoms with Crippen LogP contribution in [0.15, 0.2) is 77.2 Å². The van der Waals surface area contributed by atoms with Gasteiger partial charge >= 0.3 is 0 Å². The number of nitrogens with one attached hydrogen (secondary N) is 1. The number of carbonyl (C=O) groups excluding carboxylic acids is 1. The predicted octanol–water partition coefficient (Wildman–Crippen LogP) is 7.08. The lowest BCUT2D eigenvalue weighted by Crippen LogP contribution is -2.11. The molecule has 1 amide bonds. The van der Waals surface area contributed by atoms with Crippen LogP contribution in [0, 0.1) is 24.0 Å². The van der Waals surface area contributed by atoms with Crippen molar-refractivity contribution in [1.82, 2.24) is 0 Å². The molecule has 1 N–H and O–H groups in total. The molecule has 0 aliphatic carbocycles. The fourth-order valence-electron chi connectivity index (χ4n) is 3.28. The number of nitrogens with zero attached hydrogens (tertiary/aromatic N) is 1. The predicted molar refractivity (Wildman–Crippen MR) is 132 cm³/mol. The van der Waals surface area contributed by atoms with Gasteiger partial charge in [0.25, 0.3) is 11.6 Å². The second-order valence-corrected chi connectivity index (χ2v) is 8.19. The van der Waals surface area contributed by atoms with Gasteiger partial charge in [-0.2, -0.15) is 0 Å². The molecule has 35 heavy (non-hydrogen) atoms. The van der Waals surface area contributed by atoms with Crippen LogP contribution >= 0.6 is 11.6 Å². The molecule has 0 unspecified atom stereocenters. The van der Waals surface area contributed by atoms with Crippen molar-refractivity contribution in [3.63, 3.8) is 0 Å². The Hall–Kier alpha value is -4.30. The summed E-state index contributed by atoms with van der Waals surface area (Å²) in [5.74, 6) is 1.12. The smallest absolute Gasteiger partial charge is 0.291 e. The number of nitro groups is 1. The van der Waals surface area contributed by atoms with Crippen LogP contribution in [-0.4, -0.2) is 10.8 Å². The van der Waals surface area contributed by atoms with Crippen LogP contribution in [0.25, 0.3) is 0 Å². The number of furan rings is 1. The summed E-state index contributed by atoms with van der Waals surface area (Å²) in [5, 5.41) is 14.5. The minimum atomic E-state index is -0.577. The second-order valence-electron chi connectivity index (χ2n) is 7.78. The van der Waals surface area contributed by atoms with Gasteiger partial charge in [-0.1, -0.05) is 41.4 Å². The van der Waals surface area contributed by atoms with Crippen LogP contribution in [0.4, 0.5) is 11.4 Å².